The molecule has 37 heavy (non-hydrogen) atoms. The molecular formula is C25H32F2N6O3S. The third kappa shape index (κ3) is 5.26. The summed E-state index contributed by atoms with van der Waals surface area (Å²) >= 11 is 0. The number of hydrogen-bond acceptors (Lipinski definition) is 8. The van der Waals surface area contributed by atoms with Crippen LogP contribution in [-0.2, 0) is 9.84 Å². The lowest BCUT2D eigenvalue weighted by Gasteiger charge is -2.38. The van der Waals surface area contributed by atoms with E-state index in [0.29, 0.717) is 54.4 Å². The number of anilines is 2. The Labute approximate surface area is 214 Å². The lowest BCUT2D eigenvalue weighted by atomic mass is 9.83. The van der Waals surface area contributed by atoms with Crippen LogP contribution in [0.25, 0.3) is 16.7 Å². The average molecular weight is 535 g/mol. The van der Waals surface area contributed by atoms with Crippen LogP contribution in [0.3, 0.4) is 0 Å². The Bertz CT molecular complexity index is 1390. The smallest absolute Gasteiger partial charge is 0.263 e. The van der Waals surface area contributed by atoms with Crippen molar-refractivity contribution in [2.24, 2.45) is 5.92 Å². The van der Waals surface area contributed by atoms with Gasteiger partial charge in [0.1, 0.15) is 15.7 Å². The highest BCUT2D eigenvalue weighted by atomic mass is 32.2. The molecule has 2 aromatic heterocycles. The number of nitrogens with zero attached hydrogens (tertiary/aromatic N) is 5. The molecule has 0 spiro atoms. The molecule has 0 amide bonds. The first-order chi connectivity index (χ1) is 17.4. The van der Waals surface area contributed by atoms with Crippen LogP contribution in [0.5, 0.6) is 0 Å². The number of aromatic nitrogens is 4. The van der Waals surface area contributed by atoms with Crippen molar-refractivity contribution in [2.45, 2.75) is 62.8 Å². The Morgan fingerprint density at radius 2 is 1.86 bits per heavy atom. The molecule has 2 N–H and O–H groups in total. The van der Waals surface area contributed by atoms with Gasteiger partial charge < -0.3 is 15.3 Å². The minimum Gasteiger partial charge on any atom is -0.390 e. The minimum absolute atomic E-state index is 0.0792. The number of rotatable bonds is 7. The van der Waals surface area contributed by atoms with Gasteiger partial charge in [-0.25, -0.2) is 21.9 Å². The largest absolute Gasteiger partial charge is 0.390 e. The number of hydrogen-bond donors (Lipinski definition) is 2. The van der Waals surface area contributed by atoms with Crippen LogP contribution in [0.2, 0.25) is 0 Å². The second-order valence-electron chi connectivity index (χ2n) is 10.7. The van der Waals surface area contributed by atoms with E-state index in [4.69, 9.17) is 4.98 Å². The van der Waals surface area contributed by atoms with E-state index in [1.54, 1.807) is 18.3 Å². The highest BCUT2D eigenvalue weighted by molar-refractivity contribution is 7.91. The molecule has 2 fully saturated rings. The van der Waals surface area contributed by atoms with E-state index in [2.05, 4.69) is 20.3 Å². The quantitative estimate of drug-likeness (QED) is 0.472. The van der Waals surface area contributed by atoms with Gasteiger partial charge in [0.05, 0.1) is 28.1 Å². The molecule has 0 unspecified atom stereocenters. The van der Waals surface area contributed by atoms with E-state index in [-0.39, 0.29) is 22.8 Å². The standard InChI is InChI=1S/C25H32F2N6O3S/c1-25(2,34)16-7-9-32(10-8-16)22-20-14-28-33(18-6-4-5-15(11-18)21(26)27)23(20)31-24(30-22)29-17-12-19(13-17)37(3,35)36/h4-6,11,14,16-17,19,21,34H,7-10,12-13H2,1-3H3,(H,29,30,31). The molecule has 0 radical (unpaired) electrons. The number of fused-ring (bicyclic) bond motifs is 1. The monoisotopic (exact) mass is 534 g/mol. The molecular weight excluding hydrogens is 502 g/mol. The molecule has 3 aromatic rings. The Hall–Kier alpha value is -2.86. The van der Waals surface area contributed by atoms with Crippen LogP contribution >= 0.6 is 0 Å². The summed E-state index contributed by atoms with van der Waals surface area (Å²) in [4.78, 5) is 11.6. The highest BCUT2D eigenvalue weighted by Crippen LogP contribution is 2.35. The first kappa shape index (κ1) is 25.8. The van der Waals surface area contributed by atoms with Crippen molar-refractivity contribution in [3.8, 4) is 5.69 Å². The third-order valence-corrected chi connectivity index (χ3v) is 9.20. The molecule has 0 atom stereocenters. The van der Waals surface area contributed by atoms with Crippen molar-refractivity contribution in [2.75, 3.05) is 29.6 Å². The molecule has 0 bridgehead atoms. The average Bonchev–Trinajstić information content (AvgIpc) is 3.23. The predicted octanol–water partition coefficient (Wildman–Crippen LogP) is 3.73. The summed E-state index contributed by atoms with van der Waals surface area (Å²) in [5.41, 5.74) is 0.0667. The molecule has 1 aliphatic carbocycles. The van der Waals surface area contributed by atoms with Crippen LogP contribution in [0, 0.1) is 5.92 Å². The summed E-state index contributed by atoms with van der Waals surface area (Å²) in [6, 6.07) is 5.94. The Morgan fingerprint density at radius 3 is 2.49 bits per heavy atom. The van der Waals surface area contributed by atoms with Crippen molar-refractivity contribution in [3.63, 3.8) is 0 Å². The molecule has 200 valence electrons. The fraction of sp³-hybridized carbons (Fsp3) is 0.560. The summed E-state index contributed by atoms with van der Waals surface area (Å²) in [6.45, 7) is 5.04. The maximum absolute atomic E-state index is 13.4. The van der Waals surface area contributed by atoms with E-state index < -0.39 is 21.9 Å². The van der Waals surface area contributed by atoms with Gasteiger partial charge in [0.2, 0.25) is 5.95 Å². The van der Waals surface area contributed by atoms with Crippen LogP contribution in [0.4, 0.5) is 20.5 Å². The second kappa shape index (κ2) is 9.46. The van der Waals surface area contributed by atoms with Crippen LogP contribution in [0.1, 0.15) is 51.5 Å². The van der Waals surface area contributed by atoms with Crippen molar-refractivity contribution >= 4 is 32.6 Å². The first-order valence-electron chi connectivity index (χ1n) is 12.5. The zero-order valence-corrected chi connectivity index (χ0v) is 21.9. The number of halogens is 2. The normalized spacial score (nSPS) is 21.4. The number of aliphatic hydroxyl groups is 1. The zero-order valence-electron chi connectivity index (χ0n) is 21.1. The van der Waals surface area contributed by atoms with Gasteiger partial charge in [0.15, 0.2) is 5.65 Å². The Kier molecular flexibility index (Phi) is 6.59. The van der Waals surface area contributed by atoms with E-state index in [0.717, 1.165) is 12.8 Å². The van der Waals surface area contributed by atoms with Crippen molar-refractivity contribution in [1.29, 1.82) is 0 Å². The molecule has 5 rings (SSSR count). The van der Waals surface area contributed by atoms with Crippen LogP contribution in [-0.4, -0.2) is 69.5 Å². The zero-order chi connectivity index (χ0) is 26.5. The maximum atomic E-state index is 13.4. The van der Waals surface area contributed by atoms with Gasteiger partial charge in [-0.05, 0) is 57.6 Å². The van der Waals surface area contributed by atoms with Crippen molar-refractivity contribution < 1.29 is 22.3 Å². The third-order valence-electron chi connectivity index (χ3n) is 7.60. The number of alkyl halides is 2. The number of nitrogens with one attached hydrogen (secondary N) is 1. The number of sulfone groups is 1. The molecule has 1 saturated heterocycles. The van der Waals surface area contributed by atoms with E-state index in [1.165, 1.54) is 23.1 Å². The van der Waals surface area contributed by atoms with E-state index in [1.807, 2.05) is 13.8 Å². The van der Waals surface area contributed by atoms with Gasteiger partial charge in [-0.15, -0.1) is 0 Å². The van der Waals surface area contributed by atoms with Crippen molar-refractivity contribution in [1.82, 2.24) is 19.7 Å². The van der Waals surface area contributed by atoms with E-state index >= 15 is 0 Å². The molecule has 3 heterocycles. The van der Waals surface area contributed by atoms with Gasteiger partial charge in [-0.1, -0.05) is 12.1 Å². The topological polar surface area (TPSA) is 113 Å². The van der Waals surface area contributed by atoms with Gasteiger partial charge in [-0.3, -0.25) is 0 Å². The van der Waals surface area contributed by atoms with E-state index in [9.17, 15) is 22.3 Å². The van der Waals surface area contributed by atoms with Gasteiger partial charge in [0, 0.05) is 31.0 Å². The van der Waals surface area contributed by atoms with Crippen LogP contribution in [0.15, 0.2) is 30.5 Å². The SMILES string of the molecule is CC(C)(O)C1CCN(c2nc(NC3CC(S(C)(=O)=O)C3)nc3c2cnn3-c2cccc(C(F)F)c2)CC1. The Morgan fingerprint density at radius 1 is 1.16 bits per heavy atom. The summed E-state index contributed by atoms with van der Waals surface area (Å²) in [5.74, 6) is 1.19. The second-order valence-corrected chi connectivity index (χ2v) is 13.1. The molecule has 9 nitrogen and oxygen atoms in total. The summed E-state index contributed by atoms with van der Waals surface area (Å²) in [6.07, 6.45) is 2.82. The lowest BCUT2D eigenvalue weighted by molar-refractivity contribution is 0.00648. The molecule has 1 aromatic carbocycles. The minimum atomic E-state index is -3.10. The maximum Gasteiger partial charge on any atom is 0.263 e. The number of piperidine rings is 1. The first-order valence-corrected chi connectivity index (χ1v) is 14.4. The predicted molar refractivity (Wildman–Crippen MR) is 138 cm³/mol. The van der Waals surface area contributed by atoms with Gasteiger partial charge in [-0.2, -0.15) is 15.1 Å². The molecule has 1 saturated carbocycles. The number of benzene rings is 1. The highest BCUT2D eigenvalue weighted by Gasteiger charge is 2.37. The fourth-order valence-electron chi connectivity index (χ4n) is 5.19. The van der Waals surface area contributed by atoms with Crippen LogP contribution < -0.4 is 10.2 Å². The fourth-order valence-corrected chi connectivity index (χ4v) is 6.36. The van der Waals surface area contributed by atoms with Crippen molar-refractivity contribution in [3.05, 3.63) is 36.0 Å². The lowest BCUT2D eigenvalue weighted by Crippen LogP contribution is -2.44. The molecule has 2 aliphatic rings. The van der Waals surface area contributed by atoms with Gasteiger partial charge in [0.25, 0.3) is 6.43 Å². The summed E-state index contributed by atoms with van der Waals surface area (Å²) in [7, 11) is -3.10. The molecule has 1 aliphatic heterocycles. The Balaban J connectivity index is 1.50. The summed E-state index contributed by atoms with van der Waals surface area (Å²) in [5, 5.41) is 18.5. The summed E-state index contributed by atoms with van der Waals surface area (Å²) < 4.78 is 51.9. The molecule has 12 heteroatoms. The van der Waals surface area contributed by atoms with Gasteiger partial charge >= 0.3 is 0 Å².